The molecule has 0 radical (unpaired) electrons. The molecule has 2 heterocycles. The van der Waals surface area contributed by atoms with Crippen LogP contribution in [0, 0.1) is 5.92 Å². The van der Waals surface area contributed by atoms with Crippen LogP contribution in [0.15, 0.2) is 65.2 Å². The summed E-state index contributed by atoms with van der Waals surface area (Å²) >= 11 is 0. The zero-order chi connectivity index (χ0) is 23.9. The molecule has 1 fully saturated rings. The van der Waals surface area contributed by atoms with Crippen molar-refractivity contribution in [3.63, 3.8) is 0 Å². The third kappa shape index (κ3) is 4.44. The zero-order valence-electron chi connectivity index (χ0n) is 17.6. The fourth-order valence-electron chi connectivity index (χ4n) is 4.04. The molecule has 3 aromatic carbocycles. The van der Waals surface area contributed by atoms with Crippen LogP contribution in [0.1, 0.15) is 5.56 Å². The summed E-state index contributed by atoms with van der Waals surface area (Å²) in [6, 6.07) is 16.8. The average molecular weight is 469 g/mol. The van der Waals surface area contributed by atoms with Crippen molar-refractivity contribution >= 4 is 16.7 Å². The van der Waals surface area contributed by atoms with Gasteiger partial charge in [-0.05, 0) is 40.6 Å². The molecule has 1 saturated heterocycles. The third-order valence-electron chi connectivity index (χ3n) is 5.72. The number of likely N-dealkylation sites (tertiary alicyclic amines) is 1. The Morgan fingerprint density at radius 1 is 1.06 bits per heavy atom. The zero-order valence-corrected chi connectivity index (χ0v) is 17.6. The number of alkyl halides is 3. The number of carboxylic acid groups (broad SMARTS) is 1. The third-order valence-corrected chi connectivity index (χ3v) is 5.72. The molecule has 10 heteroatoms. The molecule has 0 atom stereocenters. The largest absolute Gasteiger partial charge is 0.573 e. The molecule has 1 aromatic heterocycles. The van der Waals surface area contributed by atoms with Gasteiger partial charge >= 0.3 is 12.3 Å². The van der Waals surface area contributed by atoms with Crippen LogP contribution >= 0.6 is 0 Å². The molecular formula is C24H18F3N3O4. The van der Waals surface area contributed by atoms with Crippen molar-refractivity contribution in [2.24, 2.45) is 5.92 Å². The summed E-state index contributed by atoms with van der Waals surface area (Å²) in [5.41, 5.74) is 2.27. The summed E-state index contributed by atoms with van der Waals surface area (Å²) in [4.78, 5) is 17.6. The molecule has 0 unspecified atom stereocenters. The number of rotatable bonds is 6. The number of halogens is 3. The molecule has 174 valence electrons. The summed E-state index contributed by atoms with van der Waals surface area (Å²) in [5, 5.41) is 15.1. The molecule has 34 heavy (non-hydrogen) atoms. The molecule has 0 spiro atoms. The Bertz CT molecular complexity index is 1350. The van der Waals surface area contributed by atoms with Crippen LogP contribution in [-0.4, -0.2) is 45.6 Å². The van der Waals surface area contributed by atoms with E-state index in [-0.39, 0.29) is 17.6 Å². The highest BCUT2D eigenvalue weighted by Crippen LogP contribution is 2.33. The van der Waals surface area contributed by atoms with Gasteiger partial charge in [0.15, 0.2) is 0 Å². The van der Waals surface area contributed by atoms with Gasteiger partial charge in [0.2, 0.25) is 5.82 Å². The molecule has 0 saturated carbocycles. The Kier molecular flexibility index (Phi) is 5.45. The lowest BCUT2D eigenvalue weighted by Gasteiger charge is -2.36. The first-order chi connectivity index (χ1) is 16.3. The lowest BCUT2D eigenvalue weighted by molar-refractivity contribution is -0.274. The van der Waals surface area contributed by atoms with E-state index in [9.17, 15) is 18.0 Å². The van der Waals surface area contributed by atoms with Gasteiger partial charge in [-0.3, -0.25) is 9.69 Å². The Hall–Kier alpha value is -3.92. The minimum absolute atomic E-state index is 0.169. The number of aromatic nitrogens is 2. The van der Waals surface area contributed by atoms with E-state index in [1.54, 1.807) is 0 Å². The van der Waals surface area contributed by atoms with Gasteiger partial charge in [0.05, 0.1) is 5.92 Å². The highest BCUT2D eigenvalue weighted by molar-refractivity contribution is 5.97. The van der Waals surface area contributed by atoms with Gasteiger partial charge in [-0.25, -0.2) is 0 Å². The number of fused-ring (bicyclic) bond motifs is 1. The maximum absolute atomic E-state index is 12.4. The summed E-state index contributed by atoms with van der Waals surface area (Å²) in [5.74, 6) is -0.913. The first-order valence-electron chi connectivity index (χ1n) is 10.4. The predicted octanol–water partition coefficient (Wildman–Crippen LogP) is 4.97. The first kappa shape index (κ1) is 21.9. The number of carbonyl (C=O) groups is 1. The quantitative estimate of drug-likeness (QED) is 0.426. The van der Waals surface area contributed by atoms with Gasteiger partial charge in [-0.15, -0.1) is 13.2 Å². The SMILES string of the molecule is O=C(O)C1CN(Cc2ccc(-c3noc(-c4ccc(OC(F)(F)F)cc4)n3)c3ccccc23)C1. The number of ether oxygens (including phenoxy) is 1. The second-order valence-corrected chi connectivity index (χ2v) is 8.04. The number of benzene rings is 3. The monoisotopic (exact) mass is 469 g/mol. The van der Waals surface area contributed by atoms with Crippen LogP contribution in [0.4, 0.5) is 13.2 Å². The van der Waals surface area contributed by atoms with Gasteiger partial charge in [0.25, 0.3) is 5.89 Å². The maximum atomic E-state index is 12.4. The van der Waals surface area contributed by atoms with E-state index >= 15 is 0 Å². The van der Waals surface area contributed by atoms with Crippen LogP contribution in [0.3, 0.4) is 0 Å². The maximum Gasteiger partial charge on any atom is 0.573 e. The molecule has 7 nitrogen and oxygen atoms in total. The number of nitrogens with zero attached hydrogens (tertiary/aromatic N) is 3. The molecular weight excluding hydrogens is 451 g/mol. The second-order valence-electron chi connectivity index (χ2n) is 8.04. The fourth-order valence-corrected chi connectivity index (χ4v) is 4.04. The van der Waals surface area contributed by atoms with E-state index in [2.05, 4.69) is 19.8 Å². The smallest absolute Gasteiger partial charge is 0.481 e. The number of hydrogen-bond donors (Lipinski definition) is 1. The summed E-state index contributed by atoms with van der Waals surface area (Å²) < 4.78 is 46.3. The molecule has 1 N–H and O–H groups in total. The van der Waals surface area contributed by atoms with Gasteiger partial charge in [0.1, 0.15) is 5.75 Å². The molecule has 1 aliphatic heterocycles. The van der Waals surface area contributed by atoms with Crippen molar-refractivity contribution in [2.75, 3.05) is 13.1 Å². The molecule has 4 aromatic rings. The van der Waals surface area contributed by atoms with Gasteiger partial charge in [-0.1, -0.05) is 41.6 Å². The van der Waals surface area contributed by atoms with Crippen LogP contribution < -0.4 is 4.74 Å². The van der Waals surface area contributed by atoms with E-state index in [4.69, 9.17) is 9.63 Å². The van der Waals surface area contributed by atoms with Crippen LogP contribution in [0.5, 0.6) is 5.75 Å². The summed E-state index contributed by atoms with van der Waals surface area (Å²) in [6.07, 6.45) is -4.76. The lowest BCUT2D eigenvalue weighted by Crippen LogP contribution is -2.49. The van der Waals surface area contributed by atoms with Crippen molar-refractivity contribution in [2.45, 2.75) is 12.9 Å². The number of aliphatic carboxylic acids is 1. The molecule has 0 aliphatic carbocycles. The van der Waals surface area contributed by atoms with E-state index in [1.165, 1.54) is 24.3 Å². The minimum Gasteiger partial charge on any atom is -0.481 e. The van der Waals surface area contributed by atoms with E-state index in [1.807, 2.05) is 36.4 Å². The van der Waals surface area contributed by atoms with Crippen molar-refractivity contribution in [1.82, 2.24) is 15.0 Å². The fraction of sp³-hybridized carbons (Fsp3) is 0.208. The van der Waals surface area contributed by atoms with Crippen LogP contribution in [-0.2, 0) is 11.3 Å². The Balaban J connectivity index is 1.40. The van der Waals surface area contributed by atoms with E-state index in [0.717, 1.165) is 21.9 Å². The van der Waals surface area contributed by atoms with Crippen molar-refractivity contribution in [3.8, 4) is 28.6 Å². The number of carboxylic acids is 1. The highest BCUT2D eigenvalue weighted by atomic mass is 19.4. The molecule has 0 bridgehead atoms. The van der Waals surface area contributed by atoms with Crippen LogP contribution in [0.25, 0.3) is 33.6 Å². The van der Waals surface area contributed by atoms with E-state index in [0.29, 0.717) is 31.0 Å². The molecule has 1 aliphatic rings. The topological polar surface area (TPSA) is 88.7 Å². The normalized spacial score (nSPS) is 14.8. The van der Waals surface area contributed by atoms with Crippen molar-refractivity contribution in [3.05, 3.63) is 66.2 Å². The van der Waals surface area contributed by atoms with Gasteiger partial charge < -0.3 is 14.4 Å². The van der Waals surface area contributed by atoms with Gasteiger partial charge in [0, 0.05) is 30.8 Å². The van der Waals surface area contributed by atoms with Crippen molar-refractivity contribution in [1.29, 1.82) is 0 Å². The standard InChI is InChI=1S/C24H18F3N3O4/c25-24(26,27)33-17-8-5-14(6-9-17)22-28-21(29-34-22)20-10-7-15(18-3-1-2-4-19(18)20)11-30-12-16(13-30)23(31)32/h1-10,16H,11-13H2,(H,31,32). The average Bonchev–Trinajstić information content (AvgIpc) is 3.25. The summed E-state index contributed by atoms with van der Waals surface area (Å²) in [7, 11) is 0. The number of hydrogen-bond acceptors (Lipinski definition) is 6. The first-order valence-corrected chi connectivity index (χ1v) is 10.4. The Morgan fingerprint density at radius 3 is 2.44 bits per heavy atom. The van der Waals surface area contributed by atoms with Crippen molar-refractivity contribution < 1.29 is 32.3 Å². The minimum atomic E-state index is -4.76. The Labute approximate surface area is 191 Å². The lowest BCUT2D eigenvalue weighted by atomic mass is 9.95. The molecule has 0 amide bonds. The second kappa shape index (κ2) is 8.45. The highest BCUT2D eigenvalue weighted by Gasteiger charge is 2.33. The van der Waals surface area contributed by atoms with E-state index < -0.39 is 12.3 Å². The van der Waals surface area contributed by atoms with Crippen LogP contribution in [0.2, 0.25) is 0 Å². The summed E-state index contributed by atoms with van der Waals surface area (Å²) in [6.45, 7) is 1.67. The predicted molar refractivity (Wildman–Crippen MR) is 116 cm³/mol. The molecule has 5 rings (SSSR count). The Morgan fingerprint density at radius 2 is 1.76 bits per heavy atom. The van der Waals surface area contributed by atoms with Gasteiger partial charge in [-0.2, -0.15) is 4.98 Å².